The van der Waals surface area contributed by atoms with Gasteiger partial charge in [-0.15, -0.1) is 11.3 Å². The number of imidazole rings is 1. The van der Waals surface area contributed by atoms with Crippen LogP contribution in [0, 0.1) is 0 Å². The molecular formula is C24H30N4O4S. The molecule has 1 aliphatic heterocycles. The highest BCUT2D eigenvalue weighted by Gasteiger charge is 2.27. The summed E-state index contributed by atoms with van der Waals surface area (Å²) in [4.78, 5) is 30.4. The summed E-state index contributed by atoms with van der Waals surface area (Å²) in [5.74, 6) is -0.269. The Bertz CT molecular complexity index is 1090. The number of rotatable bonds is 10. The summed E-state index contributed by atoms with van der Waals surface area (Å²) < 4.78 is 13.9. The number of aromatic nitrogens is 2. The molecular weight excluding hydrogens is 440 g/mol. The van der Waals surface area contributed by atoms with E-state index in [1.54, 1.807) is 27.6 Å². The van der Waals surface area contributed by atoms with Gasteiger partial charge < -0.3 is 14.8 Å². The van der Waals surface area contributed by atoms with E-state index >= 15 is 0 Å². The number of carbonyl (C=O) groups is 1. The molecule has 0 saturated carbocycles. The van der Waals surface area contributed by atoms with Gasteiger partial charge in [-0.1, -0.05) is 36.4 Å². The molecule has 3 aromatic rings. The lowest BCUT2D eigenvalue weighted by molar-refractivity contribution is 0.0361. The molecule has 1 aliphatic rings. The Labute approximate surface area is 197 Å². The van der Waals surface area contributed by atoms with Crippen molar-refractivity contribution in [2.24, 2.45) is 0 Å². The third kappa shape index (κ3) is 5.62. The minimum Gasteiger partial charge on any atom is -0.383 e. The van der Waals surface area contributed by atoms with E-state index in [1.165, 1.54) is 0 Å². The van der Waals surface area contributed by atoms with Gasteiger partial charge in [0.2, 0.25) is 0 Å². The predicted molar refractivity (Wildman–Crippen MR) is 129 cm³/mol. The van der Waals surface area contributed by atoms with Gasteiger partial charge in [-0.3, -0.25) is 18.8 Å². The van der Waals surface area contributed by atoms with E-state index in [1.807, 2.05) is 47.8 Å². The molecule has 1 saturated heterocycles. The molecule has 33 heavy (non-hydrogen) atoms. The molecule has 2 aromatic heterocycles. The second-order valence-corrected chi connectivity index (χ2v) is 8.90. The molecule has 1 N–H and O–H groups in total. The number of thiophene rings is 1. The van der Waals surface area contributed by atoms with Gasteiger partial charge in [-0.05, 0) is 11.4 Å². The molecule has 1 amide bonds. The highest BCUT2D eigenvalue weighted by Crippen LogP contribution is 2.25. The average Bonchev–Trinajstić information content (AvgIpc) is 3.46. The van der Waals surface area contributed by atoms with Crippen molar-refractivity contribution < 1.29 is 14.3 Å². The van der Waals surface area contributed by atoms with Gasteiger partial charge in [-0.2, -0.15) is 0 Å². The van der Waals surface area contributed by atoms with Crippen LogP contribution in [0.3, 0.4) is 0 Å². The van der Waals surface area contributed by atoms with Crippen molar-refractivity contribution in [1.82, 2.24) is 19.4 Å². The van der Waals surface area contributed by atoms with E-state index in [-0.39, 0.29) is 11.6 Å². The zero-order valence-corrected chi connectivity index (χ0v) is 19.7. The van der Waals surface area contributed by atoms with E-state index in [0.717, 1.165) is 23.5 Å². The number of morpholine rings is 1. The first kappa shape index (κ1) is 23.4. The molecule has 1 aromatic carbocycles. The third-order valence-corrected chi connectivity index (χ3v) is 6.58. The minimum atomic E-state index is -0.269. The van der Waals surface area contributed by atoms with Gasteiger partial charge in [0.05, 0.1) is 32.1 Å². The highest BCUT2D eigenvalue weighted by molar-refractivity contribution is 7.09. The quantitative estimate of drug-likeness (QED) is 0.460. The predicted octanol–water partition coefficient (Wildman–Crippen LogP) is 2.13. The first-order chi connectivity index (χ1) is 16.2. The Balaban J connectivity index is 1.77. The van der Waals surface area contributed by atoms with E-state index in [9.17, 15) is 9.59 Å². The number of hydrogen-bond donors (Lipinski definition) is 1. The van der Waals surface area contributed by atoms with Crippen molar-refractivity contribution in [1.29, 1.82) is 0 Å². The zero-order valence-electron chi connectivity index (χ0n) is 18.9. The average molecular weight is 471 g/mol. The van der Waals surface area contributed by atoms with Crippen LogP contribution >= 0.6 is 11.3 Å². The molecule has 9 heteroatoms. The van der Waals surface area contributed by atoms with E-state index in [0.29, 0.717) is 57.4 Å². The monoisotopic (exact) mass is 470 g/mol. The van der Waals surface area contributed by atoms with Crippen molar-refractivity contribution >= 4 is 17.2 Å². The van der Waals surface area contributed by atoms with Crippen LogP contribution in [0.5, 0.6) is 0 Å². The topological polar surface area (TPSA) is 77.7 Å². The largest absolute Gasteiger partial charge is 0.383 e. The summed E-state index contributed by atoms with van der Waals surface area (Å²) in [7, 11) is 1.59. The van der Waals surface area contributed by atoms with Crippen LogP contribution in [0.15, 0.2) is 52.6 Å². The standard InChI is InChI=1S/C24H30N4O4S/c1-31-14-9-25-23(29)22-21(19-6-3-2-4-7-19)28(18-20-8-5-17-33-20)24(30)27(22)11-10-26-12-15-32-16-13-26/h2-8,17H,9-16,18H2,1H3,(H,25,29). The SMILES string of the molecule is COCCNC(=O)c1c(-c2ccccc2)n(Cc2cccs2)c(=O)n1CCN1CCOCC1. The van der Waals surface area contributed by atoms with Crippen LogP contribution in [-0.4, -0.2) is 73.1 Å². The minimum absolute atomic E-state index is 0.174. The number of hydrogen-bond acceptors (Lipinski definition) is 6. The fourth-order valence-electron chi connectivity index (χ4n) is 4.04. The molecule has 3 heterocycles. The lowest BCUT2D eigenvalue weighted by Crippen LogP contribution is -2.40. The van der Waals surface area contributed by atoms with Crippen molar-refractivity contribution in [3.8, 4) is 11.3 Å². The molecule has 0 radical (unpaired) electrons. The molecule has 8 nitrogen and oxygen atoms in total. The summed E-state index contributed by atoms with van der Waals surface area (Å²) in [6.45, 7) is 5.34. The van der Waals surface area contributed by atoms with Gasteiger partial charge in [0.25, 0.3) is 5.91 Å². The number of nitrogens with zero attached hydrogens (tertiary/aromatic N) is 3. The normalized spacial score (nSPS) is 14.5. The Morgan fingerprint density at radius 2 is 1.88 bits per heavy atom. The lowest BCUT2D eigenvalue weighted by atomic mass is 10.1. The first-order valence-corrected chi connectivity index (χ1v) is 12.1. The van der Waals surface area contributed by atoms with Crippen LogP contribution in [0.1, 0.15) is 15.4 Å². The molecule has 176 valence electrons. The van der Waals surface area contributed by atoms with Crippen molar-refractivity contribution in [2.45, 2.75) is 13.1 Å². The molecule has 0 bridgehead atoms. The van der Waals surface area contributed by atoms with E-state index in [2.05, 4.69) is 10.2 Å². The maximum absolute atomic E-state index is 13.7. The fourth-order valence-corrected chi connectivity index (χ4v) is 4.73. The maximum Gasteiger partial charge on any atom is 0.329 e. The number of ether oxygens (including phenoxy) is 2. The summed E-state index contributed by atoms with van der Waals surface area (Å²) in [6.07, 6.45) is 0. The summed E-state index contributed by atoms with van der Waals surface area (Å²) in [5.41, 5.74) is 1.71. The molecule has 1 fully saturated rings. The Morgan fingerprint density at radius 3 is 2.58 bits per heavy atom. The Kier molecular flexibility index (Phi) is 8.11. The van der Waals surface area contributed by atoms with Gasteiger partial charge in [0.15, 0.2) is 0 Å². The van der Waals surface area contributed by atoms with Gasteiger partial charge in [-0.25, -0.2) is 4.79 Å². The molecule has 0 unspecified atom stereocenters. The molecule has 0 spiro atoms. The smallest absolute Gasteiger partial charge is 0.329 e. The maximum atomic E-state index is 13.7. The number of benzene rings is 1. The Hall–Kier alpha value is -2.72. The van der Waals surface area contributed by atoms with E-state index < -0.39 is 0 Å². The third-order valence-electron chi connectivity index (χ3n) is 5.72. The number of carbonyl (C=O) groups excluding carboxylic acids is 1. The number of amides is 1. The van der Waals surface area contributed by atoms with Gasteiger partial charge in [0.1, 0.15) is 5.69 Å². The van der Waals surface area contributed by atoms with Crippen molar-refractivity contribution in [3.63, 3.8) is 0 Å². The van der Waals surface area contributed by atoms with Crippen LogP contribution < -0.4 is 11.0 Å². The van der Waals surface area contributed by atoms with Crippen molar-refractivity contribution in [3.05, 3.63) is 68.9 Å². The lowest BCUT2D eigenvalue weighted by Gasteiger charge is -2.26. The Morgan fingerprint density at radius 1 is 1.09 bits per heavy atom. The summed E-state index contributed by atoms with van der Waals surface area (Å²) in [5, 5.41) is 4.92. The van der Waals surface area contributed by atoms with Gasteiger partial charge in [0, 0.05) is 50.3 Å². The van der Waals surface area contributed by atoms with Crippen LogP contribution in [0.2, 0.25) is 0 Å². The zero-order chi connectivity index (χ0) is 23.0. The summed E-state index contributed by atoms with van der Waals surface area (Å²) in [6, 6.07) is 13.6. The second kappa shape index (κ2) is 11.4. The van der Waals surface area contributed by atoms with Crippen LogP contribution in [-0.2, 0) is 22.6 Å². The number of nitrogens with one attached hydrogen (secondary N) is 1. The first-order valence-electron chi connectivity index (χ1n) is 11.2. The van der Waals surface area contributed by atoms with Crippen LogP contribution in [0.4, 0.5) is 0 Å². The fraction of sp³-hybridized carbons (Fsp3) is 0.417. The number of methoxy groups -OCH3 is 1. The second-order valence-electron chi connectivity index (χ2n) is 7.87. The van der Waals surface area contributed by atoms with Crippen LogP contribution in [0.25, 0.3) is 11.3 Å². The van der Waals surface area contributed by atoms with Crippen molar-refractivity contribution in [2.75, 3.05) is 53.1 Å². The van der Waals surface area contributed by atoms with Gasteiger partial charge >= 0.3 is 5.69 Å². The molecule has 4 rings (SSSR count). The summed E-state index contributed by atoms with van der Waals surface area (Å²) >= 11 is 1.60. The van der Waals surface area contributed by atoms with E-state index in [4.69, 9.17) is 9.47 Å². The highest BCUT2D eigenvalue weighted by atomic mass is 32.1. The molecule has 0 atom stereocenters. The molecule has 0 aliphatic carbocycles.